The fourth-order valence-electron chi connectivity index (χ4n) is 1.56. The van der Waals surface area contributed by atoms with E-state index in [1.807, 2.05) is 0 Å². The summed E-state index contributed by atoms with van der Waals surface area (Å²) in [7, 11) is -3.34. The molecule has 0 aliphatic rings. The first-order chi connectivity index (χ1) is 7.39. The second-order valence-corrected chi connectivity index (χ2v) is 5.51. The molecule has 0 unspecified atom stereocenters. The normalized spacial score (nSPS) is 12.5. The van der Waals surface area contributed by atoms with Crippen molar-refractivity contribution < 1.29 is 17.2 Å². The third-order valence-electron chi connectivity index (χ3n) is 2.32. The van der Waals surface area contributed by atoms with Gasteiger partial charge in [0.05, 0.1) is 4.90 Å². The number of benzene rings is 1. The summed E-state index contributed by atoms with van der Waals surface area (Å²) < 4.78 is 47.5. The summed E-state index contributed by atoms with van der Waals surface area (Å²) in [5.41, 5.74) is 0.271. The molecule has 0 bridgehead atoms. The number of aromatic nitrogens is 1. The molecule has 0 atom stereocenters. The lowest BCUT2D eigenvalue weighted by Crippen LogP contribution is -1.95. The van der Waals surface area contributed by atoms with Gasteiger partial charge in [-0.1, -0.05) is 12.1 Å². The number of fused-ring (bicyclic) bond motifs is 1. The van der Waals surface area contributed by atoms with E-state index in [2.05, 4.69) is 4.98 Å². The number of aromatic amines is 1. The molecule has 1 N–H and O–H groups in total. The molecular weight excluding hydrogens is 236 g/mol. The molecule has 1 heterocycles. The molecule has 0 fully saturated rings. The van der Waals surface area contributed by atoms with E-state index in [1.54, 1.807) is 0 Å². The van der Waals surface area contributed by atoms with Crippen molar-refractivity contribution in [3.05, 3.63) is 30.0 Å². The van der Waals surface area contributed by atoms with E-state index in [0.717, 1.165) is 6.26 Å². The second kappa shape index (κ2) is 3.55. The molecule has 3 nitrogen and oxygen atoms in total. The van der Waals surface area contributed by atoms with Gasteiger partial charge in [0.15, 0.2) is 9.84 Å². The Hall–Kier alpha value is -1.43. The van der Waals surface area contributed by atoms with Crippen LogP contribution >= 0.6 is 0 Å². The minimum atomic E-state index is -3.34. The number of rotatable bonds is 2. The first-order valence-corrected chi connectivity index (χ1v) is 6.38. The second-order valence-electron chi connectivity index (χ2n) is 3.53. The van der Waals surface area contributed by atoms with Crippen LogP contribution in [-0.2, 0) is 9.84 Å². The van der Waals surface area contributed by atoms with Gasteiger partial charge in [-0.25, -0.2) is 17.2 Å². The van der Waals surface area contributed by atoms with Crippen molar-refractivity contribution in [1.29, 1.82) is 0 Å². The van der Waals surface area contributed by atoms with Crippen LogP contribution in [0.1, 0.15) is 12.0 Å². The van der Waals surface area contributed by atoms with Gasteiger partial charge in [0.1, 0.15) is 0 Å². The third-order valence-corrected chi connectivity index (χ3v) is 3.46. The SMILES string of the molecule is CS(=O)(=O)c1c[nH]c2cc(C(F)F)ccc12. The molecular formula is C10H9F2NO2S. The van der Waals surface area contributed by atoms with Crippen molar-refractivity contribution in [2.45, 2.75) is 11.3 Å². The summed E-state index contributed by atoms with van der Waals surface area (Å²) in [6, 6.07) is 3.88. The van der Waals surface area contributed by atoms with E-state index in [0.29, 0.717) is 10.9 Å². The fraction of sp³-hybridized carbons (Fsp3) is 0.200. The minimum absolute atomic E-state index is 0.128. The summed E-state index contributed by atoms with van der Waals surface area (Å²) in [6.07, 6.45) is -0.166. The third kappa shape index (κ3) is 1.80. The predicted octanol–water partition coefficient (Wildman–Crippen LogP) is 2.51. The zero-order chi connectivity index (χ0) is 11.9. The number of alkyl halides is 2. The molecule has 0 radical (unpaired) electrons. The maximum Gasteiger partial charge on any atom is 0.263 e. The van der Waals surface area contributed by atoms with Crippen LogP contribution in [0.5, 0.6) is 0 Å². The van der Waals surface area contributed by atoms with Crippen molar-refractivity contribution in [2.24, 2.45) is 0 Å². The van der Waals surface area contributed by atoms with Crippen molar-refractivity contribution in [1.82, 2.24) is 4.98 Å². The number of hydrogen-bond acceptors (Lipinski definition) is 2. The molecule has 0 amide bonds. The van der Waals surface area contributed by atoms with Gasteiger partial charge in [0.25, 0.3) is 6.43 Å². The van der Waals surface area contributed by atoms with E-state index < -0.39 is 16.3 Å². The van der Waals surface area contributed by atoms with Gasteiger partial charge in [-0.15, -0.1) is 0 Å². The van der Waals surface area contributed by atoms with Gasteiger partial charge in [0.2, 0.25) is 0 Å². The van der Waals surface area contributed by atoms with E-state index in [9.17, 15) is 17.2 Å². The zero-order valence-corrected chi connectivity index (χ0v) is 9.18. The van der Waals surface area contributed by atoms with Crippen LogP contribution in [0.15, 0.2) is 29.3 Å². The maximum atomic E-state index is 12.4. The minimum Gasteiger partial charge on any atom is -0.360 e. The van der Waals surface area contributed by atoms with Crippen molar-refractivity contribution in [3.8, 4) is 0 Å². The molecule has 0 saturated carbocycles. The standard InChI is InChI=1S/C10H9F2NO2S/c1-16(14,15)9-5-13-8-4-6(10(11)12)2-3-7(8)9/h2-5,10,13H,1H3. The highest BCUT2D eigenvalue weighted by atomic mass is 32.2. The number of hydrogen-bond donors (Lipinski definition) is 1. The molecule has 16 heavy (non-hydrogen) atoms. The molecule has 0 aliphatic heterocycles. The molecule has 6 heteroatoms. The lowest BCUT2D eigenvalue weighted by Gasteiger charge is -2.00. The number of sulfone groups is 1. The maximum absolute atomic E-state index is 12.4. The average molecular weight is 245 g/mol. The van der Waals surface area contributed by atoms with Crippen LogP contribution in [0.3, 0.4) is 0 Å². The number of nitrogens with one attached hydrogen (secondary N) is 1. The Bertz CT molecular complexity index is 631. The van der Waals surface area contributed by atoms with Crippen LogP contribution < -0.4 is 0 Å². The van der Waals surface area contributed by atoms with Gasteiger partial charge in [-0.3, -0.25) is 0 Å². The highest BCUT2D eigenvalue weighted by Gasteiger charge is 2.15. The summed E-state index contributed by atoms with van der Waals surface area (Å²) in [6.45, 7) is 0. The Morgan fingerprint density at radius 1 is 1.31 bits per heavy atom. The number of H-pyrrole nitrogens is 1. The lowest BCUT2D eigenvalue weighted by molar-refractivity contribution is 0.151. The van der Waals surface area contributed by atoms with Crippen LogP contribution in [-0.4, -0.2) is 19.7 Å². The summed E-state index contributed by atoms with van der Waals surface area (Å²) >= 11 is 0. The van der Waals surface area contributed by atoms with Crippen molar-refractivity contribution in [2.75, 3.05) is 6.26 Å². The first kappa shape index (κ1) is 11.1. The van der Waals surface area contributed by atoms with E-state index in [4.69, 9.17) is 0 Å². The van der Waals surface area contributed by atoms with E-state index in [-0.39, 0.29) is 10.5 Å². The van der Waals surface area contributed by atoms with Gasteiger partial charge in [-0.2, -0.15) is 0 Å². The Morgan fingerprint density at radius 2 is 2.00 bits per heavy atom. The van der Waals surface area contributed by atoms with Crippen LogP contribution in [0.2, 0.25) is 0 Å². The highest BCUT2D eigenvalue weighted by molar-refractivity contribution is 7.91. The molecule has 2 aromatic rings. The van der Waals surface area contributed by atoms with Gasteiger partial charge in [0, 0.05) is 28.9 Å². The quantitative estimate of drug-likeness (QED) is 0.883. The topological polar surface area (TPSA) is 49.9 Å². The average Bonchev–Trinajstić information content (AvgIpc) is 2.58. The van der Waals surface area contributed by atoms with E-state index >= 15 is 0 Å². The van der Waals surface area contributed by atoms with Crippen molar-refractivity contribution in [3.63, 3.8) is 0 Å². The van der Waals surface area contributed by atoms with Gasteiger partial charge in [-0.05, 0) is 6.07 Å². The summed E-state index contributed by atoms with van der Waals surface area (Å²) in [5, 5.41) is 0.437. The Labute approximate surface area is 91.0 Å². The molecule has 1 aromatic heterocycles. The predicted molar refractivity (Wildman–Crippen MR) is 56.4 cm³/mol. The number of halogens is 2. The van der Waals surface area contributed by atoms with Crippen LogP contribution in [0.4, 0.5) is 8.78 Å². The fourth-order valence-corrected chi connectivity index (χ4v) is 2.41. The van der Waals surface area contributed by atoms with Crippen LogP contribution in [0.25, 0.3) is 10.9 Å². The monoisotopic (exact) mass is 245 g/mol. The zero-order valence-electron chi connectivity index (χ0n) is 8.37. The molecule has 1 aromatic carbocycles. The van der Waals surface area contributed by atoms with Crippen molar-refractivity contribution >= 4 is 20.7 Å². The van der Waals surface area contributed by atoms with Crippen LogP contribution in [0, 0.1) is 0 Å². The molecule has 86 valence electrons. The largest absolute Gasteiger partial charge is 0.360 e. The van der Waals surface area contributed by atoms with E-state index in [1.165, 1.54) is 24.4 Å². The Morgan fingerprint density at radius 3 is 2.56 bits per heavy atom. The van der Waals surface area contributed by atoms with Gasteiger partial charge >= 0.3 is 0 Å². The lowest BCUT2D eigenvalue weighted by atomic mass is 10.2. The highest BCUT2D eigenvalue weighted by Crippen LogP contribution is 2.27. The smallest absolute Gasteiger partial charge is 0.263 e. The Balaban J connectivity index is 2.69. The molecule has 0 aliphatic carbocycles. The van der Waals surface area contributed by atoms with Gasteiger partial charge < -0.3 is 4.98 Å². The molecule has 2 rings (SSSR count). The summed E-state index contributed by atoms with van der Waals surface area (Å²) in [5.74, 6) is 0. The summed E-state index contributed by atoms with van der Waals surface area (Å²) in [4.78, 5) is 2.81. The first-order valence-electron chi connectivity index (χ1n) is 4.49. The molecule has 0 saturated heterocycles. The Kier molecular flexibility index (Phi) is 2.46. The molecule has 0 spiro atoms.